The molecule has 16 heavy (non-hydrogen) atoms. The molecule has 0 aliphatic heterocycles. The van der Waals surface area contributed by atoms with Crippen molar-refractivity contribution in [3.8, 4) is 0 Å². The summed E-state index contributed by atoms with van der Waals surface area (Å²) in [5.41, 5.74) is 0.512. The molecule has 0 amide bonds. The minimum Gasteiger partial charge on any atom is -0.0654 e. The molecule has 0 spiro atoms. The van der Waals surface area contributed by atoms with Crippen LogP contribution in [0.25, 0.3) is 0 Å². The summed E-state index contributed by atoms with van der Waals surface area (Å²) in [6.45, 7) is 14.2. The largest absolute Gasteiger partial charge is 0.0654 e. The van der Waals surface area contributed by atoms with Crippen LogP contribution in [-0.2, 0) is 0 Å². The molecule has 1 unspecified atom stereocenters. The van der Waals surface area contributed by atoms with Crippen molar-refractivity contribution in [1.29, 1.82) is 0 Å². The van der Waals surface area contributed by atoms with Gasteiger partial charge in [-0.2, -0.15) is 0 Å². The second-order valence-corrected chi connectivity index (χ2v) is 6.18. The molecule has 1 radical (unpaired) electrons. The van der Waals surface area contributed by atoms with E-state index in [4.69, 9.17) is 0 Å². The molecule has 0 N–H and O–H groups in total. The van der Waals surface area contributed by atoms with Gasteiger partial charge in [0.1, 0.15) is 0 Å². The van der Waals surface area contributed by atoms with Crippen molar-refractivity contribution in [3.63, 3.8) is 0 Å². The molecule has 0 aromatic heterocycles. The van der Waals surface area contributed by atoms with E-state index in [-0.39, 0.29) is 0 Å². The van der Waals surface area contributed by atoms with Crippen LogP contribution in [-0.4, -0.2) is 0 Å². The van der Waals surface area contributed by atoms with Gasteiger partial charge in [0.25, 0.3) is 0 Å². The van der Waals surface area contributed by atoms with E-state index < -0.39 is 0 Å². The van der Waals surface area contributed by atoms with Crippen LogP contribution >= 0.6 is 0 Å². The zero-order valence-corrected chi connectivity index (χ0v) is 12.5. The summed E-state index contributed by atoms with van der Waals surface area (Å²) in [6.07, 6.45) is 9.45. The van der Waals surface area contributed by atoms with Gasteiger partial charge in [0, 0.05) is 0 Å². The highest BCUT2D eigenvalue weighted by atomic mass is 14.3. The molecular formula is C16H33. The van der Waals surface area contributed by atoms with E-state index in [1.807, 2.05) is 0 Å². The van der Waals surface area contributed by atoms with Crippen molar-refractivity contribution in [1.82, 2.24) is 0 Å². The molecular weight excluding hydrogens is 192 g/mol. The third-order valence-corrected chi connectivity index (χ3v) is 3.78. The monoisotopic (exact) mass is 225 g/mol. The molecule has 0 aromatic rings. The first-order chi connectivity index (χ1) is 7.46. The fourth-order valence-electron chi connectivity index (χ4n) is 2.91. The Labute approximate surface area is 104 Å². The maximum Gasteiger partial charge on any atom is -0.0236 e. The van der Waals surface area contributed by atoms with Crippen molar-refractivity contribution in [2.75, 3.05) is 0 Å². The predicted octanol–water partition coefficient (Wildman–Crippen LogP) is 6.01. The average molecular weight is 225 g/mol. The first-order valence-electron chi connectivity index (χ1n) is 7.29. The Kier molecular flexibility index (Phi) is 8.14. The Morgan fingerprint density at radius 1 is 1.06 bits per heavy atom. The molecule has 0 fully saturated rings. The first-order valence-corrected chi connectivity index (χ1v) is 7.29. The van der Waals surface area contributed by atoms with Gasteiger partial charge in [-0.15, -0.1) is 0 Å². The normalized spacial score (nSPS) is 14.4. The molecule has 97 valence electrons. The van der Waals surface area contributed by atoms with Crippen LogP contribution in [0.3, 0.4) is 0 Å². The number of hydrogen-bond donors (Lipinski definition) is 0. The Balaban J connectivity index is 4.13. The molecule has 0 bridgehead atoms. The van der Waals surface area contributed by atoms with Crippen LogP contribution in [0, 0.1) is 17.3 Å². The van der Waals surface area contributed by atoms with Crippen molar-refractivity contribution in [3.05, 3.63) is 5.92 Å². The van der Waals surface area contributed by atoms with Gasteiger partial charge in [-0.3, -0.25) is 0 Å². The lowest BCUT2D eigenvalue weighted by Gasteiger charge is -2.31. The maximum atomic E-state index is 2.42. The quantitative estimate of drug-likeness (QED) is 0.450. The highest BCUT2D eigenvalue weighted by Crippen LogP contribution is 2.37. The van der Waals surface area contributed by atoms with Crippen LogP contribution in [0.2, 0.25) is 0 Å². The van der Waals surface area contributed by atoms with Crippen LogP contribution < -0.4 is 0 Å². The second-order valence-electron chi connectivity index (χ2n) is 6.18. The maximum absolute atomic E-state index is 2.42. The smallest absolute Gasteiger partial charge is 0.0236 e. The second kappa shape index (κ2) is 8.14. The van der Waals surface area contributed by atoms with Crippen molar-refractivity contribution >= 4 is 0 Å². The van der Waals surface area contributed by atoms with E-state index in [1.54, 1.807) is 5.92 Å². The van der Waals surface area contributed by atoms with Crippen LogP contribution in [0.15, 0.2) is 0 Å². The standard InChI is InChI=1S/C16H33/c1-7-10-11-15(9-3)14(4)13-16(5,6)12-8-2/h15H,7-13H2,1-6H3. The lowest BCUT2D eigenvalue weighted by molar-refractivity contribution is 0.283. The van der Waals surface area contributed by atoms with Gasteiger partial charge in [-0.05, 0) is 36.5 Å². The number of hydrogen-bond acceptors (Lipinski definition) is 0. The predicted molar refractivity (Wildman–Crippen MR) is 75.5 cm³/mol. The van der Waals surface area contributed by atoms with Crippen molar-refractivity contribution in [2.45, 2.75) is 86.5 Å². The third kappa shape index (κ3) is 6.55. The van der Waals surface area contributed by atoms with E-state index in [0.29, 0.717) is 5.41 Å². The summed E-state index contributed by atoms with van der Waals surface area (Å²) in [5.74, 6) is 2.62. The van der Waals surface area contributed by atoms with E-state index >= 15 is 0 Å². The van der Waals surface area contributed by atoms with Crippen LogP contribution in [0.5, 0.6) is 0 Å². The Bertz CT molecular complexity index is 157. The van der Waals surface area contributed by atoms with E-state index in [0.717, 1.165) is 5.92 Å². The highest BCUT2D eigenvalue weighted by Gasteiger charge is 2.24. The van der Waals surface area contributed by atoms with Gasteiger partial charge >= 0.3 is 0 Å². The topological polar surface area (TPSA) is 0 Å². The molecule has 0 saturated carbocycles. The fraction of sp³-hybridized carbons (Fsp3) is 0.938. The summed E-state index contributed by atoms with van der Waals surface area (Å²) >= 11 is 0. The minimum absolute atomic E-state index is 0.512. The Morgan fingerprint density at radius 3 is 2.12 bits per heavy atom. The van der Waals surface area contributed by atoms with E-state index in [9.17, 15) is 0 Å². The molecule has 0 saturated heterocycles. The molecule has 0 aromatic carbocycles. The summed E-state index contributed by atoms with van der Waals surface area (Å²) in [5, 5.41) is 0. The lowest BCUT2D eigenvalue weighted by Crippen LogP contribution is -2.19. The molecule has 1 atom stereocenters. The Hall–Kier alpha value is 0. The van der Waals surface area contributed by atoms with Gasteiger partial charge in [-0.25, -0.2) is 0 Å². The SMILES string of the molecule is CCCCC(CC)[C](C)CC(C)(C)CCC. The summed E-state index contributed by atoms with van der Waals surface area (Å²) in [6, 6.07) is 0. The molecule has 0 heterocycles. The average Bonchev–Trinajstić information content (AvgIpc) is 2.17. The minimum atomic E-state index is 0.512. The third-order valence-electron chi connectivity index (χ3n) is 3.78. The molecule has 0 aliphatic rings. The summed E-state index contributed by atoms with van der Waals surface area (Å²) < 4.78 is 0. The van der Waals surface area contributed by atoms with Gasteiger partial charge < -0.3 is 0 Å². The van der Waals surface area contributed by atoms with Gasteiger partial charge in [-0.1, -0.05) is 67.2 Å². The molecule has 0 nitrogen and oxygen atoms in total. The van der Waals surface area contributed by atoms with E-state index in [2.05, 4.69) is 41.5 Å². The summed E-state index contributed by atoms with van der Waals surface area (Å²) in [7, 11) is 0. The first kappa shape index (κ1) is 16.0. The number of unbranched alkanes of at least 4 members (excludes halogenated alkanes) is 1. The molecule has 0 aliphatic carbocycles. The number of rotatable bonds is 9. The van der Waals surface area contributed by atoms with Crippen LogP contribution in [0.1, 0.15) is 86.5 Å². The zero-order chi connectivity index (χ0) is 12.6. The zero-order valence-electron chi connectivity index (χ0n) is 12.5. The van der Waals surface area contributed by atoms with Crippen molar-refractivity contribution in [2.24, 2.45) is 11.3 Å². The van der Waals surface area contributed by atoms with Gasteiger partial charge in [0.15, 0.2) is 0 Å². The van der Waals surface area contributed by atoms with Crippen LogP contribution in [0.4, 0.5) is 0 Å². The van der Waals surface area contributed by atoms with Gasteiger partial charge in [0.05, 0.1) is 0 Å². The fourth-order valence-corrected chi connectivity index (χ4v) is 2.91. The van der Waals surface area contributed by atoms with E-state index in [1.165, 1.54) is 44.9 Å². The Morgan fingerprint density at radius 2 is 1.69 bits per heavy atom. The van der Waals surface area contributed by atoms with Gasteiger partial charge in [0.2, 0.25) is 0 Å². The highest BCUT2D eigenvalue weighted by molar-refractivity contribution is 4.95. The lowest BCUT2D eigenvalue weighted by atomic mass is 9.74. The molecule has 0 heteroatoms. The van der Waals surface area contributed by atoms with Crippen molar-refractivity contribution < 1.29 is 0 Å². The summed E-state index contributed by atoms with van der Waals surface area (Å²) in [4.78, 5) is 0. The molecule has 0 rings (SSSR count).